The fourth-order valence-electron chi connectivity index (χ4n) is 3.17. The number of rotatable bonds is 7. The number of carbonyl (C=O) groups is 1. The van der Waals surface area contributed by atoms with E-state index in [1.165, 1.54) is 37.4 Å². The van der Waals surface area contributed by atoms with E-state index in [0.29, 0.717) is 17.8 Å². The van der Waals surface area contributed by atoms with Gasteiger partial charge in [-0.2, -0.15) is 0 Å². The zero-order chi connectivity index (χ0) is 20.8. The molecule has 0 aliphatic rings. The predicted octanol–water partition coefficient (Wildman–Crippen LogP) is 4.79. The molecule has 29 heavy (non-hydrogen) atoms. The lowest BCUT2D eigenvalue weighted by Gasteiger charge is -2.28. The Balaban J connectivity index is 1.83. The Hall–Kier alpha value is -3.25. The Morgan fingerprint density at radius 1 is 1.03 bits per heavy atom. The Morgan fingerprint density at radius 3 is 2.34 bits per heavy atom. The smallest absolute Gasteiger partial charge is 0.246 e. The topological polar surface area (TPSA) is 41.6 Å². The van der Waals surface area contributed by atoms with Crippen molar-refractivity contribution in [3.8, 4) is 5.75 Å². The van der Waals surface area contributed by atoms with Crippen LogP contribution in [0.4, 0.5) is 14.5 Å². The highest BCUT2D eigenvalue weighted by atomic mass is 19.1. The van der Waals surface area contributed by atoms with E-state index in [-0.39, 0.29) is 17.5 Å². The van der Waals surface area contributed by atoms with Gasteiger partial charge in [0.2, 0.25) is 5.91 Å². The maximum atomic E-state index is 14.1. The monoisotopic (exact) mass is 396 g/mol. The first-order valence-electron chi connectivity index (χ1n) is 9.12. The molecule has 0 aromatic heterocycles. The van der Waals surface area contributed by atoms with Crippen LogP contribution in [0.5, 0.6) is 5.75 Å². The lowest BCUT2D eigenvalue weighted by Crippen LogP contribution is -2.34. The third-order valence-electron chi connectivity index (χ3n) is 4.56. The maximum Gasteiger partial charge on any atom is 0.246 e. The highest BCUT2D eigenvalue weighted by Gasteiger charge is 2.25. The van der Waals surface area contributed by atoms with Crippen molar-refractivity contribution in [3.63, 3.8) is 0 Å². The van der Waals surface area contributed by atoms with Crippen LogP contribution in [0.1, 0.15) is 17.2 Å². The van der Waals surface area contributed by atoms with Crippen molar-refractivity contribution in [2.75, 3.05) is 19.5 Å². The van der Waals surface area contributed by atoms with Crippen LogP contribution in [-0.4, -0.2) is 25.0 Å². The second-order valence-electron chi connectivity index (χ2n) is 6.69. The van der Waals surface area contributed by atoms with Crippen LogP contribution in [0.3, 0.4) is 0 Å². The van der Waals surface area contributed by atoms with Gasteiger partial charge in [0.1, 0.15) is 11.9 Å². The van der Waals surface area contributed by atoms with Gasteiger partial charge in [0, 0.05) is 12.2 Å². The molecule has 3 aromatic carbocycles. The third-order valence-corrected chi connectivity index (χ3v) is 4.56. The van der Waals surface area contributed by atoms with Gasteiger partial charge in [0.05, 0.1) is 7.11 Å². The summed E-state index contributed by atoms with van der Waals surface area (Å²) in [5, 5.41) is 2.82. The van der Waals surface area contributed by atoms with Crippen LogP contribution >= 0.6 is 0 Å². The zero-order valence-corrected chi connectivity index (χ0v) is 16.2. The molecule has 0 aliphatic carbocycles. The molecule has 1 amide bonds. The summed E-state index contributed by atoms with van der Waals surface area (Å²) < 4.78 is 32.1. The molecule has 3 rings (SSSR count). The molecule has 4 nitrogen and oxygen atoms in total. The van der Waals surface area contributed by atoms with Gasteiger partial charge in [-0.1, -0.05) is 36.4 Å². The molecule has 1 atom stereocenters. The number of benzene rings is 3. The van der Waals surface area contributed by atoms with Gasteiger partial charge in [0.25, 0.3) is 0 Å². The van der Waals surface area contributed by atoms with Crippen molar-refractivity contribution in [1.29, 1.82) is 0 Å². The summed E-state index contributed by atoms with van der Waals surface area (Å²) in [5.41, 5.74) is 2.01. The fraction of sp³-hybridized carbons (Fsp3) is 0.174. The summed E-state index contributed by atoms with van der Waals surface area (Å²) in [5.74, 6) is -0.920. The van der Waals surface area contributed by atoms with Gasteiger partial charge < -0.3 is 10.1 Å². The van der Waals surface area contributed by atoms with Crippen molar-refractivity contribution in [3.05, 3.63) is 95.6 Å². The first-order chi connectivity index (χ1) is 14.0. The summed E-state index contributed by atoms with van der Waals surface area (Å²) in [6.07, 6.45) is 0. The molecule has 0 fully saturated rings. The van der Waals surface area contributed by atoms with Gasteiger partial charge in [-0.05, 0) is 54.6 Å². The molecule has 0 bridgehead atoms. The fourth-order valence-corrected chi connectivity index (χ4v) is 3.17. The van der Waals surface area contributed by atoms with Crippen molar-refractivity contribution < 1.29 is 18.3 Å². The molecule has 0 spiro atoms. The number of carbonyl (C=O) groups excluding carboxylic acids is 1. The molecular weight excluding hydrogens is 374 g/mol. The lowest BCUT2D eigenvalue weighted by atomic mass is 10.0. The average Bonchev–Trinajstić information content (AvgIpc) is 2.71. The molecule has 0 aliphatic heterocycles. The summed E-state index contributed by atoms with van der Waals surface area (Å²) in [4.78, 5) is 14.9. The van der Waals surface area contributed by atoms with Crippen LogP contribution in [0.25, 0.3) is 0 Å². The third kappa shape index (κ3) is 5.18. The molecule has 0 radical (unpaired) electrons. The van der Waals surface area contributed by atoms with E-state index in [1.54, 1.807) is 19.2 Å². The summed E-state index contributed by atoms with van der Waals surface area (Å²) in [6, 6.07) is 19.0. The van der Waals surface area contributed by atoms with Crippen molar-refractivity contribution in [2.24, 2.45) is 0 Å². The number of nitrogens with one attached hydrogen (secondary N) is 1. The minimum atomic E-state index is -0.619. The average molecular weight is 396 g/mol. The number of hydrogen-bond acceptors (Lipinski definition) is 3. The first kappa shape index (κ1) is 20.5. The number of amides is 1. The molecular formula is C23H22F2N2O2. The van der Waals surface area contributed by atoms with Crippen molar-refractivity contribution in [2.45, 2.75) is 12.6 Å². The van der Waals surface area contributed by atoms with Gasteiger partial charge in [0.15, 0.2) is 11.6 Å². The lowest BCUT2D eigenvalue weighted by molar-refractivity contribution is -0.121. The van der Waals surface area contributed by atoms with E-state index >= 15 is 0 Å². The Bertz CT molecular complexity index is 962. The number of methoxy groups -OCH3 is 1. The molecule has 0 heterocycles. The van der Waals surface area contributed by atoms with E-state index in [9.17, 15) is 13.6 Å². The number of halogens is 2. The Labute approximate surface area is 168 Å². The van der Waals surface area contributed by atoms with Crippen LogP contribution in [0.2, 0.25) is 0 Å². The summed E-state index contributed by atoms with van der Waals surface area (Å²) in [7, 11) is 3.21. The molecule has 3 aromatic rings. The number of ether oxygens (including phenoxy) is 1. The second-order valence-corrected chi connectivity index (χ2v) is 6.69. The van der Waals surface area contributed by atoms with Crippen LogP contribution in [-0.2, 0) is 11.3 Å². The molecule has 0 saturated carbocycles. The number of anilines is 1. The normalized spacial score (nSPS) is 11.9. The summed E-state index contributed by atoms with van der Waals surface area (Å²) in [6.45, 7) is 0.345. The standard InChI is InChI=1S/C23H22F2N2O2/c1-27(15-16-8-13-21(29-2)20(25)14-16)22(17-6-4-3-5-7-17)23(28)26-19-11-9-18(24)10-12-19/h3-14,22H,15H2,1-2H3,(H,26,28)/t22-/m0/s1. The van der Waals surface area contributed by atoms with Crippen LogP contribution in [0.15, 0.2) is 72.8 Å². The van der Waals surface area contributed by atoms with E-state index in [4.69, 9.17) is 4.74 Å². The van der Waals surface area contributed by atoms with E-state index in [2.05, 4.69) is 5.32 Å². The molecule has 150 valence electrons. The van der Waals surface area contributed by atoms with Gasteiger partial charge >= 0.3 is 0 Å². The maximum absolute atomic E-state index is 14.1. The van der Waals surface area contributed by atoms with Gasteiger partial charge in [-0.15, -0.1) is 0 Å². The van der Waals surface area contributed by atoms with Crippen molar-refractivity contribution in [1.82, 2.24) is 4.90 Å². The quantitative estimate of drug-likeness (QED) is 0.625. The minimum absolute atomic E-state index is 0.171. The Morgan fingerprint density at radius 2 is 1.72 bits per heavy atom. The molecule has 0 saturated heterocycles. The zero-order valence-electron chi connectivity index (χ0n) is 16.2. The second kappa shape index (κ2) is 9.30. The van der Waals surface area contributed by atoms with E-state index in [1.807, 2.05) is 35.2 Å². The van der Waals surface area contributed by atoms with Gasteiger partial charge in [-0.25, -0.2) is 8.78 Å². The van der Waals surface area contributed by atoms with Crippen LogP contribution < -0.4 is 10.1 Å². The number of nitrogens with zero attached hydrogens (tertiary/aromatic N) is 1. The highest BCUT2D eigenvalue weighted by Crippen LogP contribution is 2.25. The van der Waals surface area contributed by atoms with E-state index in [0.717, 1.165) is 5.56 Å². The SMILES string of the molecule is COc1ccc(CN(C)[C@H](C(=O)Nc2ccc(F)cc2)c2ccccc2)cc1F. The molecule has 6 heteroatoms. The van der Waals surface area contributed by atoms with E-state index < -0.39 is 11.9 Å². The number of hydrogen-bond donors (Lipinski definition) is 1. The summed E-state index contributed by atoms with van der Waals surface area (Å²) >= 11 is 0. The van der Waals surface area contributed by atoms with Crippen molar-refractivity contribution >= 4 is 11.6 Å². The highest BCUT2D eigenvalue weighted by molar-refractivity contribution is 5.95. The van der Waals surface area contributed by atoms with Crippen LogP contribution in [0, 0.1) is 11.6 Å². The largest absolute Gasteiger partial charge is 0.494 e. The number of likely N-dealkylation sites (N-methyl/N-ethyl adjacent to an activating group) is 1. The predicted molar refractivity (Wildman–Crippen MR) is 109 cm³/mol. The minimum Gasteiger partial charge on any atom is -0.494 e. The Kier molecular flexibility index (Phi) is 6.57. The molecule has 1 N–H and O–H groups in total. The molecule has 0 unspecified atom stereocenters. The first-order valence-corrected chi connectivity index (χ1v) is 9.12. The van der Waals surface area contributed by atoms with Gasteiger partial charge in [-0.3, -0.25) is 9.69 Å².